The normalized spacial score (nSPS) is 10.9. The van der Waals surface area contributed by atoms with Crippen molar-refractivity contribution in [2.75, 3.05) is 12.4 Å². The third-order valence-corrected chi connectivity index (χ3v) is 5.58. The summed E-state index contributed by atoms with van der Waals surface area (Å²) in [7, 11) is 1.59. The Morgan fingerprint density at radius 3 is 2.70 bits per heavy atom. The molecule has 2 aromatic carbocycles. The number of hydrogen-bond acceptors (Lipinski definition) is 6. The summed E-state index contributed by atoms with van der Waals surface area (Å²) in [4.78, 5) is 29.8. The second kappa shape index (κ2) is 8.25. The number of anilines is 1. The van der Waals surface area contributed by atoms with E-state index in [0.717, 1.165) is 15.3 Å². The molecule has 0 unspecified atom stereocenters. The largest absolute Gasteiger partial charge is 0.497 e. The maximum Gasteiger partial charge on any atom is 0.294 e. The predicted molar refractivity (Wildman–Crippen MR) is 118 cm³/mol. The molecule has 1 amide bonds. The zero-order chi connectivity index (χ0) is 21.3. The number of fused-ring (bicyclic) bond motifs is 1. The van der Waals surface area contributed by atoms with E-state index in [1.54, 1.807) is 31.4 Å². The van der Waals surface area contributed by atoms with Crippen molar-refractivity contribution < 1.29 is 9.53 Å². The monoisotopic (exact) mass is 440 g/mol. The summed E-state index contributed by atoms with van der Waals surface area (Å²) in [5.74, 6) is 0.323. The molecule has 0 saturated heterocycles. The summed E-state index contributed by atoms with van der Waals surface area (Å²) in [6.45, 7) is 1.58. The predicted octanol–water partition coefficient (Wildman–Crippen LogP) is 4.13. The second-order valence-electron chi connectivity index (χ2n) is 6.51. The van der Waals surface area contributed by atoms with Crippen LogP contribution in [0.1, 0.15) is 5.01 Å². The van der Waals surface area contributed by atoms with Crippen LogP contribution in [0.15, 0.2) is 53.3 Å². The number of thiazole rings is 1. The molecule has 0 fully saturated rings. The lowest BCUT2D eigenvalue weighted by molar-refractivity contribution is -0.117. The lowest BCUT2D eigenvalue weighted by Gasteiger charge is -2.10. The first kappa shape index (κ1) is 20.1. The molecule has 0 radical (unpaired) electrons. The molecule has 2 aromatic heterocycles. The Kier molecular flexibility index (Phi) is 5.52. The van der Waals surface area contributed by atoms with Gasteiger partial charge in [0.2, 0.25) is 5.91 Å². The highest BCUT2D eigenvalue weighted by Crippen LogP contribution is 2.30. The van der Waals surface area contributed by atoms with Gasteiger partial charge in [-0.1, -0.05) is 17.7 Å². The van der Waals surface area contributed by atoms with Gasteiger partial charge in [-0.25, -0.2) is 9.67 Å². The number of aromatic nitrogens is 3. The molecule has 0 aliphatic rings. The van der Waals surface area contributed by atoms with Crippen LogP contribution in [0.2, 0.25) is 5.02 Å². The van der Waals surface area contributed by atoms with Gasteiger partial charge in [-0.05, 0) is 49.4 Å². The van der Waals surface area contributed by atoms with Crippen molar-refractivity contribution in [2.24, 2.45) is 0 Å². The van der Waals surface area contributed by atoms with Crippen LogP contribution >= 0.6 is 22.9 Å². The molecule has 0 saturated carbocycles. The third kappa shape index (κ3) is 4.05. The minimum atomic E-state index is -0.409. The number of methoxy groups -OCH3 is 1. The minimum absolute atomic E-state index is 0.249. The van der Waals surface area contributed by atoms with Crippen LogP contribution in [0.5, 0.6) is 5.75 Å². The Morgan fingerprint density at radius 2 is 2.00 bits per heavy atom. The summed E-state index contributed by atoms with van der Waals surface area (Å²) in [5.41, 5.74) is 1.82. The van der Waals surface area contributed by atoms with E-state index < -0.39 is 5.56 Å². The molecule has 0 spiro atoms. The van der Waals surface area contributed by atoms with Gasteiger partial charge < -0.3 is 10.1 Å². The molecule has 0 atom stereocenters. The Labute approximate surface area is 180 Å². The number of ether oxygens (including phenoxy) is 1. The molecule has 0 aliphatic heterocycles. The quantitative estimate of drug-likeness (QED) is 0.504. The van der Waals surface area contributed by atoms with E-state index in [1.807, 2.05) is 31.2 Å². The third-order valence-electron chi connectivity index (χ3n) is 4.37. The highest BCUT2D eigenvalue weighted by atomic mass is 35.5. The van der Waals surface area contributed by atoms with Crippen molar-refractivity contribution in [1.29, 1.82) is 0 Å². The first-order valence-corrected chi connectivity index (χ1v) is 10.2. The van der Waals surface area contributed by atoms with Gasteiger partial charge in [0.15, 0.2) is 5.52 Å². The number of amides is 1. The van der Waals surface area contributed by atoms with Gasteiger partial charge in [0.25, 0.3) is 5.56 Å². The SMILES string of the molecule is COc1ccc(-c2nn(CC(=O)Nc3cccc(Cl)c3)c(=O)c3nc(C)sc23)cc1. The smallest absolute Gasteiger partial charge is 0.294 e. The van der Waals surface area contributed by atoms with Crippen molar-refractivity contribution >= 4 is 44.7 Å². The number of aryl methyl sites for hydroxylation is 1. The summed E-state index contributed by atoms with van der Waals surface area (Å²) in [5, 5.41) is 8.47. The standard InChI is InChI=1S/C21H17ClN4O3S/c1-12-23-19-20(30-12)18(13-6-8-16(29-2)9-7-13)25-26(21(19)28)11-17(27)24-15-5-3-4-14(22)10-15/h3-10H,11H2,1-2H3,(H,24,27). The highest BCUT2D eigenvalue weighted by molar-refractivity contribution is 7.19. The summed E-state index contributed by atoms with van der Waals surface area (Å²) < 4.78 is 7.04. The number of carbonyl (C=O) groups excluding carboxylic acids is 1. The lowest BCUT2D eigenvalue weighted by Crippen LogP contribution is -2.30. The molecule has 0 bridgehead atoms. The average molecular weight is 441 g/mol. The fourth-order valence-electron chi connectivity index (χ4n) is 3.01. The van der Waals surface area contributed by atoms with E-state index in [2.05, 4.69) is 15.4 Å². The Morgan fingerprint density at radius 1 is 1.23 bits per heavy atom. The molecule has 30 heavy (non-hydrogen) atoms. The van der Waals surface area contributed by atoms with Crippen LogP contribution in [0.3, 0.4) is 0 Å². The summed E-state index contributed by atoms with van der Waals surface area (Å²) in [6.07, 6.45) is 0. The van der Waals surface area contributed by atoms with Crippen LogP contribution < -0.4 is 15.6 Å². The van der Waals surface area contributed by atoms with Gasteiger partial charge >= 0.3 is 0 Å². The van der Waals surface area contributed by atoms with Gasteiger partial charge in [0.05, 0.1) is 16.8 Å². The zero-order valence-corrected chi connectivity index (χ0v) is 17.8. The number of nitrogens with one attached hydrogen (secondary N) is 1. The van der Waals surface area contributed by atoms with Gasteiger partial charge in [-0.3, -0.25) is 9.59 Å². The fraction of sp³-hybridized carbons (Fsp3) is 0.143. The average Bonchev–Trinajstić information content (AvgIpc) is 3.12. The first-order valence-electron chi connectivity index (χ1n) is 9.02. The van der Waals surface area contributed by atoms with Crippen LogP contribution in [0.4, 0.5) is 5.69 Å². The van der Waals surface area contributed by atoms with E-state index in [9.17, 15) is 9.59 Å². The van der Waals surface area contributed by atoms with E-state index in [-0.39, 0.29) is 12.5 Å². The summed E-state index contributed by atoms with van der Waals surface area (Å²) in [6, 6.07) is 14.1. The van der Waals surface area contributed by atoms with Crippen molar-refractivity contribution in [3.8, 4) is 17.0 Å². The van der Waals surface area contributed by atoms with Crippen LogP contribution in [-0.4, -0.2) is 27.8 Å². The Balaban J connectivity index is 1.73. The lowest BCUT2D eigenvalue weighted by atomic mass is 10.1. The molecule has 7 nitrogen and oxygen atoms in total. The van der Waals surface area contributed by atoms with Crippen molar-refractivity contribution in [1.82, 2.24) is 14.8 Å². The number of halogens is 1. The van der Waals surface area contributed by atoms with Crippen LogP contribution in [0, 0.1) is 6.92 Å². The maximum atomic E-state index is 12.9. The van der Waals surface area contributed by atoms with Crippen molar-refractivity contribution in [2.45, 2.75) is 13.5 Å². The number of rotatable bonds is 5. The molecule has 0 aliphatic carbocycles. The minimum Gasteiger partial charge on any atom is -0.497 e. The topological polar surface area (TPSA) is 86.1 Å². The van der Waals surface area contributed by atoms with Gasteiger partial charge in [-0.15, -0.1) is 11.3 Å². The molecular weight excluding hydrogens is 424 g/mol. The molecule has 1 N–H and O–H groups in total. The highest BCUT2D eigenvalue weighted by Gasteiger charge is 2.18. The van der Waals surface area contributed by atoms with Crippen molar-refractivity contribution in [3.63, 3.8) is 0 Å². The number of hydrogen-bond donors (Lipinski definition) is 1. The second-order valence-corrected chi connectivity index (χ2v) is 8.15. The van der Waals surface area contributed by atoms with E-state index in [0.29, 0.717) is 32.4 Å². The molecule has 4 aromatic rings. The van der Waals surface area contributed by atoms with E-state index in [4.69, 9.17) is 16.3 Å². The Bertz CT molecular complexity index is 1300. The fourth-order valence-corrected chi connectivity index (χ4v) is 4.12. The van der Waals surface area contributed by atoms with Gasteiger partial charge in [-0.2, -0.15) is 5.10 Å². The molecule has 4 rings (SSSR count). The van der Waals surface area contributed by atoms with Crippen molar-refractivity contribution in [3.05, 3.63) is 68.9 Å². The van der Waals surface area contributed by atoms with Gasteiger partial charge in [0, 0.05) is 16.3 Å². The number of nitrogens with zero attached hydrogens (tertiary/aromatic N) is 3. The maximum absolute atomic E-state index is 12.9. The first-order chi connectivity index (χ1) is 14.4. The number of benzene rings is 2. The van der Waals surface area contributed by atoms with Crippen LogP contribution in [-0.2, 0) is 11.3 Å². The zero-order valence-electron chi connectivity index (χ0n) is 16.2. The van der Waals surface area contributed by atoms with Crippen LogP contribution in [0.25, 0.3) is 21.5 Å². The number of carbonyl (C=O) groups is 1. The molecule has 2 heterocycles. The van der Waals surface area contributed by atoms with E-state index in [1.165, 1.54) is 11.3 Å². The van der Waals surface area contributed by atoms with E-state index >= 15 is 0 Å². The molecule has 9 heteroatoms. The molecule has 152 valence electrons. The molecular formula is C21H17ClN4O3S. The van der Waals surface area contributed by atoms with Gasteiger partial charge in [0.1, 0.15) is 18.0 Å². The summed E-state index contributed by atoms with van der Waals surface area (Å²) >= 11 is 7.35. The Hall–Kier alpha value is -3.23.